The number of hydrogen-bond donors (Lipinski definition) is 1. The summed E-state index contributed by atoms with van der Waals surface area (Å²) in [5.41, 5.74) is 0.392. The Hall–Kier alpha value is -0.320. The molecule has 0 atom stereocenters. The van der Waals surface area contributed by atoms with Crippen LogP contribution in [0.5, 0.6) is 0 Å². The van der Waals surface area contributed by atoms with E-state index in [0.29, 0.717) is 10.6 Å². The zero-order valence-electron chi connectivity index (χ0n) is 11.2. The molecule has 0 unspecified atom stereocenters. The molecule has 2 rings (SSSR count). The van der Waals surface area contributed by atoms with Crippen molar-refractivity contribution in [2.75, 3.05) is 18.0 Å². The Morgan fingerprint density at radius 3 is 2.44 bits per heavy atom. The van der Waals surface area contributed by atoms with Crippen molar-refractivity contribution in [1.29, 1.82) is 0 Å². The fraction of sp³-hybridized carbons (Fsp3) is 0.769. The topological polar surface area (TPSA) is 36.4 Å². The lowest BCUT2D eigenvalue weighted by atomic mass is 9.75. The number of rotatable bonds is 2. The highest BCUT2D eigenvalue weighted by Gasteiger charge is 2.29. The van der Waals surface area contributed by atoms with Crippen molar-refractivity contribution in [3.8, 4) is 0 Å². The summed E-state index contributed by atoms with van der Waals surface area (Å²) < 4.78 is 0. The predicted molar refractivity (Wildman–Crippen MR) is 77.4 cm³/mol. The van der Waals surface area contributed by atoms with Crippen LogP contribution in [0.2, 0.25) is 5.15 Å². The molecule has 1 aliphatic heterocycles. The Morgan fingerprint density at radius 1 is 1.39 bits per heavy atom. The SMILES string of the molecule is CC(C)(C)C1CCN(c2nc(Cl)c(CO)s2)CC1. The Kier molecular flexibility index (Phi) is 4.19. The fourth-order valence-corrected chi connectivity index (χ4v) is 3.66. The van der Waals surface area contributed by atoms with Gasteiger partial charge in [-0.1, -0.05) is 43.7 Å². The van der Waals surface area contributed by atoms with Gasteiger partial charge in [0.05, 0.1) is 11.5 Å². The van der Waals surface area contributed by atoms with Crippen molar-refractivity contribution in [3.63, 3.8) is 0 Å². The Labute approximate surface area is 118 Å². The van der Waals surface area contributed by atoms with Crippen LogP contribution in [0.1, 0.15) is 38.5 Å². The maximum atomic E-state index is 9.15. The van der Waals surface area contributed by atoms with Crippen LogP contribution in [0.25, 0.3) is 0 Å². The summed E-state index contributed by atoms with van der Waals surface area (Å²) in [6, 6.07) is 0. The highest BCUT2D eigenvalue weighted by atomic mass is 35.5. The Morgan fingerprint density at radius 2 is 2.00 bits per heavy atom. The van der Waals surface area contributed by atoms with Crippen LogP contribution >= 0.6 is 22.9 Å². The summed E-state index contributed by atoms with van der Waals surface area (Å²) in [5.74, 6) is 0.779. The van der Waals surface area contributed by atoms with Gasteiger partial charge in [0.1, 0.15) is 5.15 Å². The summed E-state index contributed by atoms with van der Waals surface area (Å²) >= 11 is 7.49. The minimum absolute atomic E-state index is 0.0189. The van der Waals surface area contributed by atoms with Crippen molar-refractivity contribution in [1.82, 2.24) is 4.98 Å². The summed E-state index contributed by atoms with van der Waals surface area (Å²) in [7, 11) is 0. The van der Waals surface area contributed by atoms with Crippen molar-refractivity contribution in [3.05, 3.63) is 10.0 Å². The number of aliphatic hydroxyl groups is 1. The number of aromatic nitrogens is 1. The molecule has 2 heterocycles. The maximum Gasteiger partial charge on any atom is 0.187 e. The van der Waals surface area contributed by atoms with E-state index in [0.717, 1.165) is 29.0 Å². The predicted octanol–water partition coefficient (Wildman–Crippen LogP) is 3.55. The highest BCUT2D eigenvalue weighted by molar-refractivity contribution is 7.16. The van der Waals surface area contributed by atoms with Crippen LogP contribution in [0, 0.1) is 11.3 Å². The highest BCUT2D eigenvalue weighted by Crippen LogP contribution is 2.37. The van der Waals surface area contributed by atoms with Crippen LogP contribution < -0.4 is 4.90 Å². The lowest BCUT2D eigenvalue weighted by Crippen LogP contribution is -2.37. The molecule has 1 aromatic rings. The van der Waals surface area contributed by atoms with E-state index in [1.165, 1.54) is 24.2 Å². The molecule has 1 fully saturated rings. The number of thiazole rings is 1. The molecule has 18 heavy (non-hydrogen) atoms. The van der Waals surface area contributed by atoms with Gasteiger partial charge >= 0.3 is 0 Å². The first kappa shape index (κ1) is 14.1. The van der Waals surface area contributed by atoms with Crippen molar-refractivity contribution >= 4 is 28.1 Å². The molecule has 0 amide bonds. The maximum absolute atomic E-state index is 9.15. The average Bonchev–Trinajstić information content (AvgIpc) is 2.69. The van der Waals surface area contributed by atoms with Crippen molar-refractivity contribution in [2.24, 2.45) is 11.3 Å². The number of hydrogen-bond acceptors (Lipinski definition) is 4. The molecular weight excluding hydrogens is 268 g/mol. The van der Waals surface area contributed by atoms with Crippen molar-refractivity contribution < 1.29 is 5.11 Å². The molecule has 1 aromatic heterocycles. The van der Waals surface area contributed by atoms with Gasteiger partial charge in [-0.15, -0.1) is 0 Å². The average molecular weight is 289 g/mol. The zero-order valence-corrected chi connectivity index (χ0v) is 12.8. The third kappa shape index (κ3) is 2.98. The zero-order chi connectivity index (χ0) is 13.3. The summed E-state index contributed by atoms with van der Waals surface area (Å²) in [6.07, 6.45) is 2.41. The molecule has 1 N–H and O–H groups in total. The molecule has 5 heteroatoms. The molecule has 0 saturated carbocycles. The van der Waals surface area contributed by atoms with Gasteiger partial charge in [-0.25, -0.2) is 4.98 Å². The standard InChI is InChI=1S/C13H21ClN2OS/c1-13(2,3)9-4-6-16(7-5-9)12-15-11(14)10(8-17)18-12/h9,17H,4-8H2,1-3H3. The van der Waals surface area contributed by atoms with E-state index in [4.69, 9.17) is 16.7 Å². The molecule has 0 spiro atoms. The molecule has 0 bridgehead atoms. The van der Waals surface area contributed by atoms with Crippen LogP contribution in [-0.2, 0) is 6.61 Å². The third-order valence-electron chi connectivity index (χ3n) is 3.77. The van der Waals surface area contributed by atoms with Gasteiger partial charge in [0, 0.05) is 13.1 Å². The van der Waals surface area contributed by atoms with Crippen LogP contribution in [0.15, 0.2) is 0 Å². The van der Waals surface area contributed by atoms with Crippen LogP contribution in [0.3, 0.4) is 0 Å². The molecule has 3 nitrogen and oxygen atoms in total. The number of halogens is 1. The van der Waals surface area contributed by atoms with E-state index < -0.39 is 0 Å². The largest absolute Gasteiger partial charge is 0.391 e. The fourth-order valence-electron chi connectivity index (χ4n) is 2.49. The number of anilines is 1. The van der Waals surface area contributed by atoms with E-state index in [9.17, 15) is 0 Å². The first-order valence-corrected chi connectivity index (χ1v) is 7.62. The van der Waals surface area contributed by atoms with E-state index in [1.54, 1.807) is 0 Å². The first-order valence-electron chi connectivity index (χ1n) is 6.43. The Bertz CT molecular complexity index is 406. The van der Waals surface area contributed by atoms with Gasteiger partial charge in [0.15, 0.2) is 5.13 Å². The lowest BCUT2D eigenvalue weighted by molar-refractivity contribution is 0.199. The Balaban J connectivity index is 2.01. The molecule has 0 radical (unpaired) electrons. The first-order chi connectivity index (χ1) is 8.41. The normalized spacial score (nSPS) is 18.4. The lowest BCUT2D eigenvalue weighted by Gasteiger charge is -2.38. The minimum atomic E-state index is -0.0189. The quantitative estimate of drug-likeness (QED) is 0.904. The molecule has 0 aromatic carbocycles. The van der Waals surface area contributed by atoms with Gasteiger partial charge in [0.2, 0.25) is 0 Å². The van der Waals surface area contributed by atoms with Gasteiger partial charge in [-0.05, 0) is 24.2 Å². The van der Waals surface area contributed by atoms with Crippen LogP contribution in [0.4, 0.5) is 5.13 Å². The number of nitrogens with zero attached hydrogens (tertiary/aromatic N) is 2. The third-order valence-corrected chi connectivity index (χ3v) is 5.30. The smallest absolute Gasteiger partial charge is 0.187 e. The minimum Gasteiger partial charge on any atom is -0.391 e. The van der Waals surface area contributed by atoms with Crippen molar-refractivity contribution in [2.45, 2.75) is 40.2 Å². The van der Waals surface area contributed by atoms with Crippen LogP contribution in [-0.4, -0.2) is 23.2 Å². The van der Waals surface area contributed by atoms with Gasteiger partial charge in [0.25, 0.3) is 0 Å². The second-order valence-corrected chi connectivity index (χ2v) is 7.42. The summed E-state index contributed by atoms with van der Waals surface area (Å²) in [6.45, 7) is 9.01. The molecule has 102 valence electrons. The second kappa shape index (κ2) is 5.35. The van der Waals surface area contributed by atoms with E-state index in [-0.39, 0.29) is 6.61 Å². The summed E-state index contributed by atoms with van der Waals surface area (Å²) in [4.78, 5) is 7.40. The molecule has 1 saturated heterocycles. The van der Waals surface area contributed by atoms with Gasteiger partial charge < -0.3 is 10.0 Å². The van der Waals surface area contributed by atoms with Gasteiger partial charge in [-0.3, -0.25) is 0 Å². The molecular formula is C13H21ClN2OS. The second-order valence-electron chi connectivity index (χ2n) is 6.00. The molecule has 0 aliphatic carbocycles. The van der Waals surface area contributed by atoms with E-state index >= 15 is 0 Å². The summed E-state index contributed by atoms with van der Waals surface area (Å²) in [5, 5.41) is 10.6. The number of piperidine rings is 1. The van der Waals surface area contributed by atoms with E-state index in [2.05, 4.69) is 30.7 Å². The van der Waals surface area contributed by atoms with Gasteiger partial charge in [-0.2, -0.15) is 0 Å². The van der Waals surface area contributed by atoms with E-state index in [1.807, 2.05) is 0 Å². The molecule has 1 aliphatic rings. The number of aliphatic hydroxyl groups excluding tert-OH is 1. The monoisotopic (exact) mass is 288 g/mol.